The lowest BCUT2D eigenvalue weighted by Gasteiger charge is -2.16. The molecule has 0 spiro atoms. The number of carbonyl (C=O) groups is 1. The molecule has 0 unspecified atom stereocenters. The Balaban J connectivity index is 2.84. The van der Waals surface area contributed by atoms with Gasteiger partial charge in [-0.15, -0.1) is 0 Å². The van der Waals surface area contributed by atoms with Crippen molar-refractivity contribution in [2.45, 2.75) is 12.2 Å². The molecule has 5 heteroatoms. The minimum atomic E-state index is -1.59. The van der Waals surface area contributed by atoms with E-state index in [4.69, 9.17) is 5.11 Å². The molecule has 15 heavy (non-hydrogen) atoms. The van der Waals surface area contributed by atoms with Gasteiger partial charge in [-0.1, -0.05) is 28.1 Å². The fourth-order valence-electron chi connectivity index (χ4n) is 1.14. The van der Waals surface area contributed by atoms with Gasteiger partial charge in [-0.25, -0.2) is 0 Å². The van der Waals surface area contributed by atoms with E-state index in [9.17, 15) is 15.0 Å². The fraction of sp³-hybridized carbons (Fsp3) is 0.300. The first-order valence-electron chi connectivity index (χ1n) is 4.31. The van der Waals surface area contributed by atoms with Crippen LogP contribution in [-0.4, -0.2) is 33.8 Å². The van der Waals surface area contributed by atoms with Crippen molar-refractivity contribution in [3.63, 3.8) is 0 Å². The highest BCUT2D eigenvalue weighted by atomic mass is 79.9. The molecule has 1 rings (SSSR count). The molecule has 0 aromatic heterocycles. The first kappa shape index (κ1) is 12.3. The standard InChI is InChI=1S/C10H11BrO4/c11-7-3-1-2-6(4-7)9(14)10(15)8(13)5-12/h1-4,9-10,12,14-15H,5H2/t9-,10-/m1/s1. The second-order valence-corrected chi connectivity index (χ2v) is 3.98. The van der Waals surface area contributed by atoms with Crippen LogP contribution in [0.5, 0.6) is 0 Å². The number of hydrogen-bond acceptors (Lipinski definition) is 4. The molecule has 1 aromatic carbocycles. The van der Waals surface area contributed by atoms with Gasteiger partial charge in [0.15, 0.2) is 5.78 Å². The van der Waals surface area contributed by atoms with E-state index in [-0.39, 0.29) is 0 Å². The third-order valence-electron chi connectivity index (χ3n) is 1.97. The van der Waals surface area contributed by atoms with Crippen LogP contribution in [0.3, 0.4) is 0 Å². The van der Waals surface area contributed by atoms with Crippen LogP contribution in [0.1, 0.15) is 11.7 Å². The van der Waals surface area contributed by atoms with Crippen molar-refractivity contribution in [2.24, 2.45) is 0 Å². The molecule has 0 saturated carbocycles. The molecule has 0 heterocycles. The van der Waals surface area contributed by atoms with E-state index < -0.39 is 24.6 Å². The molecule has 0 saturated heterocycles. The predicted octanol–water partition coefficient (Wildman–Crippen LogP) is 0.405. The summed E-state index contributed by atoms with van der Waals surface area (Å²) in [6, 6.07) is 6.62. The largest absolute Gasteiger partial charge is 0.388 e. The summed E-state index contributed by atoms with van der Waals surface area (Å²) in [5, 5.41) is 27.5. The maximum atomic E-state index is 10.9. The van der Waals surface area contributed by atoms with Crippen molar-refractivity contribution in [2.75, 3.05) is 6.61 Å². The van der Waals surface area contributed by atoms with Crippen molar-refractivity contribution in [3.05, 3.63) is 34.3 Å². The van der Waals surface area contributed by atoms with Crippen molar-refractivity contribution < 1.29 is 20.1 Å². The van der Waals surface area contributed by atoms with Gasteiger partial charge in [0.2, 0.25) is 0 Å². The average molecular weight is 275 g/mol. The maximum absolute atomic E-state index is 10.9. The molecule has 0 fully saturated rings. The van der Waals surface area contributed by atoms with Crippen molar-refractivity contribution in [1.29, 1.82) is 0 Å². The molecule has 3 N–H and O–H groups in total. The van der Waals surface area contributed by atoms with Gasteiger partial charge in [0, 0.05) is 4.47 Å². The Labute approximate surface area is 95.3 Å². The van der Waals surface area contributed by atoms with E-state index in [2.05, 4.69) is 15.9 Å². The van der Waals surface area contributed by atoms with Gasteiger partial charge in [0.1, 0.15) is 18.8 Å². The number of aliphatic hydroxyl groups is 3. The lowest BCUT2D eigenvalue weighted by Crippen LogP contribution is -2.30. The summed E-state index contributed by atoms with van der Waals surface area (Å²) in [4.78, 5) is 10.9. The number of Topliss-reactive ketones (excluding diaryl/α,β-unsaturated/α-hetero) is 1. The Kier molecular flexibility index (Phi) is 4.41. The molecule has 2 atom stereocenters. The Morgan fingerprint density at radius 1 is 1.40 bits per heavy atom. The fourth-order valence-corrected chi connectivity index (χ4v) is 1.56. The van der Waals surface area contributed by atoms with Gasteiger partial charge < -0.3 is 15.3 Å². The van der Waals surface area contributed by atoms with Gasteiger partial charge in [-0.05, 0) is 17.7 Å². The number of aliphatic hydroxyl groups excluding tert-OH is 3. The van der Waals surface area contributed by atoms with Gasteiger partial charge in [0.05, 0.1) is 0 Å². The molecular formula is C10H11BrO4. The summed E-state index contributed by atoms with van der Waals surface area (Å²) >= 11 is 3.21. The SMILES string of the molecule is O=C(CO)[C@@H](O)[C@H](O)c1cccc(Br)c1. The smallest absolute Gasteiger partial charge is 0.189 e. The summed E-state index contributed by atoms with van der Waals surface area (Å²) in [5.74, 6) is -0.803. The van der Waals surface area contributed by atoms with Crippen LogP contribution in [0.4, 0.5) is 0 Å². The quantitative estimate of drug-likeness (QED) is 0.743. The Morgan fingerprint density at radius 2 is 2.07 bits per heavy atom. The molecule has 1 aromatic rings. The molecule has 82 valence electrons. The number of carbonyl (C=O) groups excluding carboxylic acids is 1. The zero-order valence-corrected chi connectivity index (χ0v) is 9.39. The van der Waals surface area contributed by atoms with Crippen LogP contribution in [0.2, 0.25) is 0 Å². The zero-order valence-electron chi connectivity index (χ0n) is 7.80. The maximum Gasteiger partial charge on any atom is 0.189 e. The van der Waals surface area contributed by atoms with E-state index in [1.807, 2.05) is 0 Å². The number of rotatable bonds is 4. The summed E-state index contributed by atoms with van der Waals surface area (Å²) < 4.78 is 0.739. The van der Waals surface area contributed by atoms with Gasteiger partial charge in [-0.3, -0.25) is 4.79 Å². The highest BCUT2D eigenvalue weighted by molar-refractivity contribution is 9.10. The number of benzene rings is 1. The molecular weight excluding hydrogens is 264 g/mol. The van der Waals surface area contributed by atoms with Gasteiger partial charge >= 0.3 is 0 Å². The number of halogens is 1. The monoisotopic (exact) mass is 274 g/mol. The second-order valence-electron chi connectivity index (χ2n) is 3.07. The van der Waals surface area contributed by atoms with Gasteiger partial charge in [-0.2, -0.15) is 0 Å². The second kappa shape index (κ2) is 5.37. The summed E-state index contributed by atoms with van der Waals surface area (Å²) in [5.41, 5.74) is 0.415. The van der Waals surface area contributed by atoms with E-state index in [1.165, 1.54) is 0 Å². The van der Waals surface area contributed by atoms with E-state index in [1.54, 1.807) is 24.3 Å². The summed E-state index contributed by atoms with van der Waals surface area (Å²) in [6.45, 7) is -0.785. The zero-order chi connectivity index (χ0) is 11.4. The first-order chi connectivity index (χ1) is 7.06. The molecule has 0 bridgehead atoms. The third-order valence-corrected chi connectivity index (χ3v) is 2.47. The minimum Gasteiger partial charge on any atom is -0.388 e. The average Bonchev–Trinajstić information content (AvgIpc) is 2.26. The number of ketones is 1. The van der Waals surface area contributed by atoms with Crippen molar-refractivity contribution >= 4 is 21.7 Å². The van der Waals surface area contributed by atoms with Crippen molar-refractivity contribution in [1.82, 2.24) is 0 Å². The summed E-state index contributed by atoms with van der Waals surface area (Å²) in [6.07, 6.45) is -2.91. The predicted molar refractivity (Wildman–Crippen MR) is 57.2 cm³/mol. The van der Waals surface area contributed by atoms with Crippen LogP contribution in [0.15, 0.2) is 28.7 Å². The molecule has 0 aliphatic rings. The van der Waals surface area contributed by atoms with Crippen LogP contribution in [0.25, 0.3) is 0 Å². The highest BCUT2D eigenvalue weighted by Gasteiger charge is 2.24. The third kappa shape index (κ3) is 3.10. The number of hydrogen-bond donors (Lipinski definition) is 3. The van der Waals surface area contributed by atoms with E-state index in [0.717, 1.165) is 4.47 Å². The first-order valence-corrected chi connectivity index (χ1v) is 5.10. The highest BCUT2D eigenvalue weighted by Crippen LogP contribution is 2.21. The molecule has 4 nitrogen and oxygen atoms in total. The normalized spacial score (nSPS) is 14.7. The lowest BCUT2D eigenvalue weighted by atomic mass is 10.0. The Bertz CT molecular complexity index is 353. The molecule has 0 aliphatic carbocycles. The van der Waals surface area contributed by atoms with Crippen LogP contribution in [-0.2, 0) is 4.79 Å². The van der Waals surface area contributed by atoms with E-state index in [0.29, 0.717) is 5.56 Å². The van der Waals surface area contributed by atoms with Crippen LogP contribution < -0.4 is 0 Å². The van der Waals surface area contributed by atoms with E-state index >= 15 is 0 Å². The van der Waals surface area contributed by atoms with Crippen molar-refractivity contribution in [3.8, 4) is 0 Å². The molecule has 0 radical (unpaired) electrons. The Morgan fingerprint density at radius 3 is 2.60 bits per heavy atom. The van der Waals surface area contributed by atoms with Crippen LogP contribution >= 0.6 is 15.9 Å². The Hall–Kier alpha value is -0.750. The lowest BCUT2D eigenvalue weighted by molar-refractivity contribution is -0.135. The minimum absolute atomic E-state index is 0.415. The van der Waals surface area contributed by atoms with Crippen LogP contribution in [0, 0.1) is 0 Å². The molecule has 0 amide bonds. The topological polar surface area (TPSA) is 77.8 Å². The van der Waals surface area contributed by atoms with Gasteiger partial charge in [0.25, 0.3) is 0 Å². The molecule has 0 aliphatic heterocycles. The summed E-state index contributed by atoms with van der Waals surface area (Å²) in [7, 11) is 0.